The van der Waals surface area contributed by atoms with Crippen LogP contribution in [0.3, 0.4) is 0 Å². The molecule has 2 aliphatic heterocycles. The Morgan fingerprint density at radius 2 is 2.19 bits per heavy atom. The molecule has 2 heterocycles. The van der Waals surface area contributed by atoms with Crippen LogP contribution >= 0.6 is 0 Å². The Kier molecular flexibility index (Phi) is 2.68. The van der Waals surface area contributed by atoms with Crippen LogP contribution in [0.15, 0.2) is 18.2 Å². The van der Waals surface area contributed by atoms with Crippen molar-refractivity contribution in [2.75, 3.05) is 26.6 Å². The highest BCUT2D eigenvalue weighted by Crippen LogP contribution is 2.32. The second-order valence-corrected chi connectivity index (χ2v) is 4.12. The van der Waals surface area contributed by atoms with E-state index in [-0.39, 0.29) is 0 Å². The third-order valence-corrected chi connectivity index (χ3v) is 2.92. The van der Waals surface area contributed by atoms with Gasteiger partial charge in [-0.05, 0) is 24.1 Å². The molecule has 1 N–H and O–H groups in total. The lowest BCUT2D eigenvalue weighted by atomic mass is 10.1. The molecule has 1 aromatic carbocycles. The van der Waals surface area contributed by atoms with Crippen LogP contribution in [0.1, 0.15) is 5.56 Å². The van der Waals surface area contributed by atoms with Gasteiger partial charge in [0.05, 0.1) is 13.2 Å². The molecule has 86 valence electrons. The van der Waals surface area contributed by atoms with Crippen molar-refractivity contribution in [2.45, 2.75) is 12.5 Å². The Morgan fingerprint density at radius 3 is 3.06 bits per heavy atom. The molecule has 16 heavy (non-hydrogen) atoms. The molecule has 0 bridgehead atoms. The number of fused-ring (bicyclic) bond motifs is 1. The SMILES string of the molecule is c1cc2c(cc1CC1COCCN1)OCO2. The number of morpholine rings is 1. The molecule has 1 saturated heterocycles. The molecule has 1 atom stereocenters. The summed E-state index contributed by atoms with van der Waals surface area (Å²) in [5.41, 5.74) is 1.26. The second kappa shape index (κ2) is 4.31. The summed E-state index contributed by atoms with van der Waals surface area (Å²) in [5.74, 6) is 1.70. The van der Waals surface area contributed by atoms with E-state index >= 15 is 0 Å². The Balaban J connectivity index is 1.69. The summed E-state index contributed by atoms with van der Waals surface area (Å²) in [6, 6.07) is 6.53. The molecular weight excluding hydrogens is 206 g/mol. The van der Waals surface area contributed by atoms with Crippen molar-refractivity contribution in [1.82, 2.24) is 5.32 Å². The molecule has 0 saturated carbocycles. The van der Waals surface area contributed by atoms with Crippen LogP contribution in [0.25, 0.3) is 0 Å². The van der Waals surface area contributed by atoms with E-state index in [4.69, 9.17) is 14.2 Å². The number of hydrogen-bond acceptors (Lipinski definition) is 4. The summed E-state index contributed by atoms with van der Waals surface area (Å²) >= 11 is 0. The lowest BCUT2D eigenvalue weighted by Gasteiger charge is -2.23. The van der Waals surface area contributed by atoms with Gasteiger partial charge in [-0.25, -0.2) is 0 Å². The van der Waals surface area contributed by atoms with Crippen LogP contribution in [0.2, 0.25) is 0 Å². The molecule has 4 nitrogen and oxygen atoms in total. The zero-order chi connectivity index (χ0) is 10.8. The first kappa shape index (κ1) is 9.93. The Morgan fingerprint density at radius 1 is 1.25 bits per heavy atom. The average molecular weight is 221 g/mol. The van der Waals surface area contributed by atoms with Gasteiger partial charge in [-0.2, -0.15) is 0 Å². The summed E-state index contributed by atoms with van der Waals surface area (Å²) in [5, 5.41) is 3.44. The number of ether oxygens (including phenoxy) is 3. The average Bonchev–Trinajstić information content (AvgIpc) is 2.77. The van der Waals surface area contributed by atoms with E-state index < -0.39 is 0 Å². The molecule has 2 aliphatic rings. The molecular formula is C12H15NO3. The maximum Gasteiger partial charge on any atom is 0.231 e. The Labute approximate surface area is 94.5 Å². The summed E-state index contributed by atoms with van der Waals surface area (Å²) < 4.78 is 16.1. The fourth-order valence-electron chi connectivity index (χ4n) is 2.10. The van der Waals surface area contributed by atoms with Crippen LogP contribution in [0.4, 0.5) is 0 Å². The summed E-state index contributed by atoms with van der Waals surface area (Å²) in [4.78, 5) is 0. The van der Waals surface area contributed by atoms with Gasteiger partial charge in [-0.15, -0.1) is 0 Å². The van der Waals surface area contributed by atoms with Gasteiger partial charge in [-0.1, -0.05) is 6.07 Å². The fourth-order valence-corrected chi connectivity index (χ4v) is 2.10. The molecule has 0 aliphatic carbocycles. The standard InChI is InChI=1S/C12H15NO3/c1-2-11-12(16-8-15-11)6-9(1)5-10-7-14-4-3-13-10/h1-2,6,10,13H,3-5,7-8H2. The molecule has 3 rings (SSSR count). The predicted octanol–water partition coefficient (Wildman–Crippen LogP) is 0.946. The Hall–Kier alpha value is -1.26. The minimum Gasteiger partial charge on any atom is -0.454 e. The molecule has 0 radical (unpaired) electrons. The third kappa shape index (κ3) is 1.99. The molecule has 1 fully saturated rings. The topological polar surface area (TPSA) is 39.7 Å². The lowest BCUT2D eigenvalue weighted by Crippen LogP contribution is -2.42. The van der Waals surface area contributed by atoms with Crippen molar-refractivity contribution in [1.29, 1.82) is 0 Å². The van der Waals surface area contributed by atoms with Gasteiger partial charge >= 0.3 is 0 Å². The first-order valence-corrected chi connectivity index (χ1v) is 5.61. The third-order valence-electron chi connectivity index (χ3n) is 2.92. The van der Waals surface area contributed by atoms with Crippen LogP contribution < -0.4 is 14.8 Å². The van der Waals surface area contributed by atoms with Gasteiger partial charge < -0.3 is 19.5 Å². The normalized spacial score (nSPS) is 23.4. The minimum absolute atomic E-state index is 0.337. The number of hydrogen-bond donors (Lipinski definition) is 1. The van der Waals surface area contributed by atoms with Crippen molar-refractivity contribution < 1.29 is 14.2 Å². The summed E-state index contributed by atoms with van der Waals surface area (Å²) in [6.45, 7) is 2.88. The number of benzene rings is 1. The zero-order valence-corrected chi connectivity index (χ0v) is 9.07. The van der Waals surface area contributed by atoms with Gasteiger partial charge in [0.1, 0.15) is 0 Å². The van der Waals surface area contributed by atoms with Crippen LogP contribution in [0.5, 0.6) is 11.5 Å². The van der Waals surface area contributed by atoms with E-state index in [1.807, 2.05) is 6.07 Å². The van der Waals surface area contributed by atoms with Crippen molar-refractivity contribution in [2.24, 2.45) is 0 Å². The van der Waals surface area contributed by atoms with Gasteiger partial charge in [0.25, 0.3) is 0 Å². The van der Waals surface area contributed by atoms with Crippen LogP contribution in [0, 0.1) is 0 Å². The highest BCUT2D eigenvalue weighted by Gasteiger charge is 2.17. The van der Waals surface area contributed by atoms with E-state index in [0.29, 0.717) is 12.8 Å². The molecule has 0 spiro atoms. The quantitative estimate of drug-likeness (QED) is 0.807. The van der Waals surface area contributed by atoms with E-state index in [0.717, 1.165) is 37.7 Å². The van der Waals surface area contributed by atoms with Crippen molar-refractivity contribution in [3.8, 4) is 11.5 Å². The van der Waals surface area contributed by atoms with Crippen molar-refractivity contribution >= 4 is 0 Å². The van der Waals surface area contributed by atoms with Crippen molar-refractivity contribution in [3.63, 3.8) is 0 Å². The predicted molar refractivity (Wildman–Crippen MR) is 58.9 cm³/mol. The molecule has 0 aromatic heterocycles. The zero-order valence-electron chi connectivity index (χ0n) is 9.07. The molecule has 4 heteroatoms. The lowest BCUT2D eigenvalue weighted by molar-refractivity contribution is 0.0770. The smallest absolute Gasteiger partial charge is 0.231 e. The second-order valence-electron chi connectivity index (χ2n) is 4.12. The Bertz CT molecular complexity index is 375. The molecule has 1 aromatic rings. The van der Waals surface area contributed by atoms with E-state index in [9.17, 15) is 0 Å². The number of nitrogens with one attached hydrogen (secondary N) is 1. The largest absolute Gasteiger partial charge is 0.454 e. The van der Waals surface area contributed by atoms with Gasteiger partial charge in [-0.3, -0.25) is 0 Å². The van der Waals surface area contributed by atoms with Crippen LogP contribution in [-0.2, 0) is 11.2 Å². The van der Waals surface area contributed by atoms with Gasteiger partial charge in [0.2, 0.25) is 6.79 Å². The minimum atomic E-state index is 0.337. The van der Waals surface area contributed by atoms with Gasteiger partial charge in [0, 0.05) is 12.6 Å². The summed E-state index contributed by atoms with van der Waals surface area (Å²) in [7, 11) is 0. The number of rotatable bonds is 2. The molecule has 1 unspecified atom stereocenters. The van der Waals surface area contributed by atoms with E-state index in [2.05, 4.69) is 17.4 Å². The van der Waals surface area contributed by atoms with Gasteiger partial charge in [0.15, 0.2) is 11.5 Å². The maximum absolute atomic E-state index is 5.43. The summed E-state index contributed by atoms with van der Waals surface area (Å²) in [6.07, 6.45) is 0.969. The maximum atomic E-state index is 5.43. The first-order chi connectivity index (χ1) is 7.92. The molecule has 0 amide bonds. The van der Waals surface area contributed by atoms with E-state index in [1.165, 1.54) is 5.56 Å². The monoisotopic (exact) mass is 221 g/mol. The fraction of sp³-hybridized carbons (Fsp3) is 0.500. The van der Waals surface area contributed by atoms with Crippen LogP contribution in [-0.4, -0.2) is 32.6 Å². The first-order valence-electron chi connectivity index (χ1n) is 5.61. The highest BCUT2D eigenvalue weighted by molar-refractivity contribution is 5.44. The van der Waals surface area contributed by atoms with Crippen molar-refractivity contribution in [3.05, 3.63) is 23.8 Å². The highest BCUT2D eigenvalue weighted by atomic mass is 16.7. The van der Waals surface area contributed by atoms with E-state index in [1.54, 1.807) is 0 Å².